The topological polar surface area (TPSA) is 46.5 Å². The number of benzene rings is 2. The second-order valence-corrected chi connectivity index (χ2v) is 6.19. The van der Waals surface area contributed by atoms with Crippen LogP contribution in [0, 0.1) is 0 Å². The number of para-hydroxylation sites is 1. The van der Waals surface area contributed by atoms with Crippen molar-refractivity contribution in [3.8, 4) is 5.75 Å². The van der Waals surface area contributed by atoms with E-state index in [9.17, 15) is 0 Å². The van der Waals surface area contributed by atoms with Gasteiger partial charge in [-0.1, -0.05) is 39.4 Å². The third-order valence-corrected chi connectivity index (χ3v) is 4.28. The van der Waals surface area contributed by atoms with Gasteiger partial charge in [-0.25, -0.2) is 4.98 Å². The van der Waals surface area contributed by atoms with Crippen molar-refractivity contribution in [3.05, 3.63) is 52.5 Å². The molecule has 1 aromatic heterocycles. The number of hydrogen-bond acceptors (Lipinski definition) is 5. The van der Waals surface area contributed by atoms with Crippen molar-refractivity contribution in [2.45, 2.75) is 0 Å². The van der Waals surface area contributed by atoms with Crippen LogP contribution in [0.15, 0.2) is 52.0 Å². The lowest BCUT2D eigenvalue weighted by molar-refractivity contribution is 0.414. The molecule has 3 rings (SSSR count). The van der Waals surface area contributed by atoms with Crippen LogP contribution in [-0.4, -0.2) is 18.3 Å². The Hall–Kier alpha value is -1.92. The summed E-state index contributed by atoms with van der Waals surface area (Å²) >= 11 is 5.01. The minimum absolute atomic E-state index is 0.765. The van der Waals surface area contributed by atoms with Crippen LogP contribution in [0.2, 0.25) is 0 Å². The Kier molecular flexibility index (Phi) is 4.17. The highest BCUT2D eigenvalue weighted by Crippen LogP contribution is 2.25. The van der Waals surface area contributed by atoms with Crippen molar-refractivity contribution in [1.29, 1.82) is 0 Å². The van der Waals surface area contributed by atoms with Crippen LogP contribution in [0.3, 0.4) is 0 Å². The molecule has 0 saturated heterocycles. The molecule has 0 aliphatic carbocycles. The highest BCUT2D eigenvalue weighted by molar-refractivity contribution is 9.10. The molecule has 0 spiro atoms. The number of nitrogens with one attached hydrogen (secondary N) is 1. The standard InChI is InChI=1S/C15H12BrN3OS/c1-20-13-7-6-11(16)8-10(13)9-17-19-15-18-12-4-2-3-5-14(12)21-15/h2-9H,1H3,(H,18,19)/b17-9-. The average molecular weight is 362 g/mol. The van der Waals surface area contributed by atoms with Gasteiger partial charge in [0.05, 0.1) is 23.5 Å². The first-order chi connectivity index (χ1) is 10.3. The van der Waals surface area contributed by atoms with E-state index in [-0.39, 0.29) is 0 Å². The highest BCUT2D eigenvalue weighted by Gasteiger charge is 2.02. The van der Waals surface area contributed by atoms with Gasteiger partial charge >= 0.3 is 0 Å². The first-order valence-corrected chi connectivity index (χ1v) is 7.85. The predicted molar refractivity (Wildman–Crippen MR) is 91.5 cm³/mol. The van der Waals surface area contributed by atoms with Gasteiger partial charge in [-0.15, -0.1) is 0 Å². The number of hydrazone groups is 1. The first-order valence-electron chi connectivity index (χ1n) is 6.24. The van der Waals surface area contributed by atoms with E-state index in [0.717, 1.165) is 31.1 Å². The zero-order valence-corrected chi connectivity index (χ0v) is 13.6. The molecule has 21 heavy (non-hydrogen) atoms. The van der Waals surface area contributed by atoms with Crippen molar-refractivity contribution in [2.24, 2.45) is 5.10 Å². The van der Waals surface area contributed by atoms with Crippen molar-refractivity contribution in [2.75, 3.05) is 12.5 Å². The summed E-state index contributed by atoms with van der Waals surface area (Å²) < 4.78 is 7.41. The number of thiazole rings is 1. The van der Waals surface area contributed by atoms with Crippen LogP contribution in [0.5, 0.6) is 5.75 Å². The van der Waals surface area contributed by atoms with Crippen molar-refractivity contribution >= 4 is 48.8 Å². The second kappa shape index (κ2) is 6.24. The molecule has 2 aromatic carbocycles. The monoisotopic (exact) mass is 361 g/mol. The van der Waals surface area contributed by atoms with Gasteiger partial charge in [0.2, 0.25) is 5.13 Å². The SMILES string of the molecule is COc1ccc(Br)cc1/C=N\Nc1nc2ccccc2s1. The van der Waals surface area contributed by atoms with Crippen molar-refractivity contribution in [3.63, 3.8) is 0 Å². The number of hydrogen-bond donors (Lipinski definition) is 1. The summed E-state index contributed by atoms with van der Waals surface area (Å²) in [6, 6.07) is 13.8. The molecule has 6 heteroatoms. The number of fused-ring (bicyclic) bond motifs is 1. The Morgan fingerprint density at radius 2 is 2.14 bits per heavy atom. The summed E-state index contributed by atoms with van der Waals surface area (Å²) in [4.78, 5) is 4.46. The Morgan fingerprint density at radius 3 is 2.95 bits per heavy atom. The maximum Gasteiger partial charge on any atom is 0.204 e. The second-order valence-electron chi connectivity index (χ2n) is 4.24. The number of aromatic nitrogens is 1. The zero-order chi connectivity index (χ0) is 14.7. The van der Waals surface area contributed by atoms with E-state index in [2.05, 4.69) is 31.4 Å². The number of halogens is 1. The van der Waals surface area contributed by atoms with Crippen LogP contribution < -0.4 is 10.2 Å². The molecule has 1 N–H and O–H groups in total. The van der Waals surface area contributed by atoms with Gasteiger partial charge in [-0.2, -0.15) is 5.10 Å². The summed E-state index contributed by atoms with van der Waals surface area (Å²) in [5.41, 5.74) is 4.82. The van der Waals surface area contributed by atoms with Gasteiger partial charge in [0, 0.05) is 10.0 Å². The normalized spacial score (nSPS) is 11.1. The van der Waals surface area contributed by atoms with Gasteiger partial charge in [0.25, 0.3) is 0 Å². The summed E-state index contributed by atoms with van der Waals surface area (Å²) in [5, 5.41) is 4.99. The molecule has 1 heterocycles. The molecule has 0 saturated carbocycles. The van der Waals surface area contributed by atoms with Crippen LogP contribution in [0.1, 0.15) is 5.56 Å². The molecule has 4 nitrogen and oxygen atoms in total. The number of ether oxygens (including phenoxy) is 1. The number of rotatable bonds is 4. The van der Waals surface area contributed by atoms with E-state index >= 15 is 0 Å². The molecule has 106 valence electrons. The summed E-state index contributed by atoms with van der Waals surface area (Å²) in [7, 11) is 1.64. The lowest BCUT2D eigenvalue weighted by Gasteiger charge is -2.04. The largest absolute Gasteiger partial charge is 0.496 e. The van der Waals surface area contributed by atoms with E-state index in [1.54, 1.807) is 24.7 Å². The van der Waals surface area contributed by atoms with Gasteiger partial charge in [0.1, 0.15) is 5.75 Å². The Morgan fingerprint density at radius 1 is 1.29 bits per heavy atom. The summed E-state index contributed by atoms with van der Waals surface area (Å²) in [6.45, 7) is 0. The number of methoxy groups -OCH3 is 1. The lowest BCUT2D eigenvalue weighted by Crippen LogP contribution is -1.93. The maximum absolute atomic E-state index is 5.30. The van der Waals surface area contributed by atoms with Crippen LogP contribution in [-0.2, 0) is 0 Å². The van der Waals surface area contributed by atoms with Gasteiger partial charge in [-0.3, -0.25) is 5.43 Å². The summed E-state index contributed by atoms with van der Waals surface area (Å²) in [6.07, 6.45) is 1.72. The van der Waals surface area contributed by atoms with Gasteiger partial charge < -0.3 is 4.74 Å². The van der Waals surface area contributed by atoms with Gasteiger partial charge in [0.15, 0.2) is 0 Å². The van der Waals surface area contributed by atoms with E-state index < -0.39 is 0 Å². The fraction of sp³-hybridized carbons (Fsp3) is 0.0667. The molecule has 0 radical (unpaired) electrons. The van der Waals surface area contributed by atoms with Crippen molar-refractivity contribution < 1.29 is 4.74 Å². The fourth-order valence-electron chi connectivity index (χ4n) is 1.88. The summed E-state index contributed by atoms with van der Waals surface area (Å²) in [5.74, 6) is 0.771. The van der Waals surface area contributed by atoms with Gasteiger partial charge in [-0.05, 0) is 30.3 Å². The molecular weight excluding hydrogens is 350 g/mol. The molecule has 0 aliphatic rings. The van der Waals surface area contributed by atoms with Crippen molar-refractivity contribution in [1.82, 2.24) is 4.98 Å². The highest BCUT2D eigenvalue weighted by atomic mass is 79.9. The Bertz CT molecular complexity index is 767. The van der Waals surface area contributed by atoms with Crippen LogP contribution >= 0.6 is 27.3 Å². The minimum atomic E-state index is 0.765. The molecular formula is C15H12BrN3OS. The van der Waals surface area contributed by atoms with E-state index in [4.69, 9.17) is 4.74 Å². The molecule has 0 bridgehead atoms. The first kappa shape index (κ1) is 14.0. The smallest absolute Gasteiger partial charge is 0.204 e. The molecule has 0 unspecified atom stereocenters. The lowest BCUT2D eigenvalue weighted by atomic mass is 10.2. The van der Waals surface area contributed by atoms with Crippen LogP contribution in [0.4, 0.5) is 5.13 Å². The molecule has 0 amide bonds. The third-order valence-electron chi connectivity index (χ3n) is 2.85. The van der Waals surface area contributed by atoms with E-state index in [1.807, 2.05) is 42.5 Å². The fourth-order valence-corrected chi connectivity index (χ4v) is 3.08. The molecule has 3 aromatic rings. The molecule has 0 aliphatic heterocycles. The van der Waals surface area contributed by atoms with Crippen LogP contribution in [0.25, 0.3) is 10.2 Å². The molecule has 0 fully saturated rings. The van der Waals surface area contributed by atoms with E-state index in [0.29, 0.717) is 0 Å². The predicted octanol–water partition coefficient (Wildman–Crippen LogP) is 4.51. The maximum atomic E-state index is 5.30. The quantitative estimate of drug-likeness (QED) is 0.549. The molecule has 0 atom stereocenters. The van der Waals surface area contributed by atoms with E-state index in [1.165, 1.54) is 0 Å². The average Bonchev–Trinajstić information content (AvgIpc) is 2.90. The Balaban J connectivity index is 1.79. The Labute approximate surface area is 134 Å². The number of anilines is 1. The third kappa shape index (κ3) is 3.22. The zero-order valence-electron chi connectivity index (χ0n) is 11.2. The minimum Gasteiger partial charge on any atom is -0.496 e. The number of nitrogens with zero attached hydrogens (tertiary/aromatic N) is 2.